The van der Waals surface area contributed by atoms with Gasteiger partial charge in [0.05, 0.1) is 28.7 Å². The molecule has 6 rings (SSSR count). The molecule has 244 valence electrons. The van der Waals surface area contributed by atoms with Gasteiger partial charge in [0.25, 0.3) is 0 Å². The molecule has 3 aliphatic rings. The number of nitrogens with one attached hydrogen (secondary N) is 1. The number of aromatic nitrogens is 2. The Morgan fingerprint density at radius 1 is 1.17 bits per heavy atom. The van der Waals surface area contributed by atoms with Gasteiger partial charge in [-0.05, 0) is 56.5 Å². The maximum absolute atomic E-state index is 16.7. The van der Waals surface area contributed by atoms with Crippen LogP contribution in [0.3, 0.4) is 0 Å². The number of hydrogen-bond donors (Lipinski definition) is 2. The Kier molecular flexibility index (Phi) is 8.05. The van der Waals surface area contributed by atoms with E-state index in [1.807, 2.05) is 23.8 Å². The van der Waals surface area contributed by atoms with Crippen molar-refractivity contribution in [2.75, 3.05) is 50.5 Å². The summed E-state index contributed by atoms with van der Waals surface area (Å²) in [6.07, 6.45) is -2.23. The van der Waals surface area contributed by atoms with Gasteiger partial charge in [0, 0.05) is 54.6 Å². The molecule has 3 aliphatic heterocycles. The Hall–Kier alpha value is -4.09. The molecule has 0 spiro atoms. The number of aryl methyl sites for hydroxylation is 1. The lowest BCUT2D eigenvalue weighted by molar-refractivity contribution is -0.137. The molecular formula is C32H33F6N7O. The minimum absolute atomic E-state index is 0.0620. The largest absolute Gasteiger partial charge is 0.462 e. The molecule has 46 heavy (non-hydrogen) atoms. The number of alkyl halides is 3. The summed E-state index contributed by atoms with van der Waals surface area (Å²) in [6, 6.07) is 3.38. The molecule has 3 N–H and O–H groups in total. The molecular weight excluding hydrogens is 612 g/mol. The molecule has 0 saturated carbocycles. The molecule has 0 radical (unpaired) electrons. The highest BCUT2D eigenvalue weighted by Gasteiger charge is 2.41. The summed E-state index contributed by atoms with van der Waals surface area (Å²) in [5.41, 5.74) is 0.263. The van der Waals surface area contributed by atoms with Gasteiger partial charge in [0.15, 0.2) is 5.82 Å². The van der Waals surface area contributed by atoms with Gasteiger partial charge in [0.1, 0.15) is 29.8 Å². The number of nitriles is 1. The fourth-order valence-electron chi connectivity index (χ4n) is 7.18. The van der Waals surface area contributed by atoms with Crippen molar-refractivity contribution in [3.8, 4) is 23.2 Å². The van der Waals surface area contributed by atoms with Crippen LogP contribution in [0.15, 0.2) is 24.0 Å². The first kappa shape index (κ1) is 31.9. The molecule has 0 aliphatic carbocycles. The van der Waals surface area contributed by atoms with Crippen LogP contribution < -0.4 is 20.7 Å². The van der Waals surface area contributed by atoms with E-state index in [4.69, 9.17) is 10.5 Å². The lowest BCUT2D eigenvalue weighted by Crippen LogP contribution is -2.51. The molecule has 0 amide bonds. The highest BCUT2D eigenvalue weighted by atomic mass is 19.4. The second-order valence-corrected chi connectivity index (χ2v) is 12.8. The van der Waals surface area contributed by atoms with Crippen molar-refractivity contribution in [1.82, 2.24) is 20.2 Å². The number of hydrogen-bond acceptors (Lipinski definition) is 8. The predicted octanol–water partition coefficient (Wildman–Crippen LogP) is 5.87. The van der Waals surface area contributed by atoms with Gasteiger partial charge in [-0.3, -0.25) is 0 Å². The van der Waals surface area contributed by atoms with Gasteiger partial charge in [-0.2, -0.15) is 28.4 Å². The van der Waals surface area contributed by atoms with Crippen molar-refractivity contribution in [2.45, 2.75) is 51.4 Å². The number of ether oxygens (including phenoxy) is 1. The molecule has 3 saturated heterocycles. The van der Waals surface area contributed by atoms with Crippen molar-refractivity contribution < 1.29 is 31.1 Å². The maximum atomic E-state index is 16.7. The minimum Gasteiger partial charge on any atom is -0.462 e. The van der Waals surface area contributed by atoms with Crippen LogP contribution in [0.4, 0.5) is 37.8 Å². The van der Waals surface area contributed by atoms with Crippen LogP contribution in [0.5, 0.6) is 6.01 Å². The average Bonchev–Trinajstić information content (AvgIpc) is 3.32. The summed E-state index contributed by atoms with van der Waals surface area (Å²) in [5, 5.41) is 13.2. The fourth-order valence-corrected chi connectivity index (χ4v) is 7.18. The van der Waals surface area contributed by atoms with Gasteiger partial charge in [-0.25, -0.2) is 13.2 Å². The molecule has 0 unspecified atom stereocenters. The Morgan fingerprint density at radius 3 is 2.50 bits per heavy atom. The summed E-state index contributed by atoms with van der Waals surface area (Å²) in [4.78, 5) is 12.7. The van der Waals surface area contributed by atoms with Gasteiger partial charge >= 0.3 is 12.2 Å². The lowest BCUT2D eigenvalue weighted by atomic mass is 9.78. The van der Waals surface area contributed by atoms with Gasteiger partial charge < -0.3 is 25.6 Å². The first-order chi connectivity index (χ1) is 21.7. The Morgan fingerprint density at radius 2 is 1.87 bits per heavy atom. The van der Waals surface area contributed by atoms with Gasteiger partial charge in [-0.1, -0.05) is 6.92 Å². The highest BCUT2D eigenvalue weighted by molar-refractivity contribution is 5.95. The number of fused-ring (bicyclic) bond motifs is 3. The molecule has 2 aromatic carbocycles. The normalized spacial score (nSPS) is 24.5. The quantitative estimate of drug-likeness (QED) is 0.263. The fraction of sp³-hybridized carbons (Fsp3) is 0.469. The van der Waals surface area contributed by atoms with Crippen molar-refractivity contribution in [3.05, 3.63) is 52.4 Å². The number of anilines is 2. The smallest absolute Gasteiger partial charge is 0.417 e. The van der Waals surface area contributed by atoms with Crippen molar-refractivity contribution in [2.24, 2.45) is 5.41 Å². The average molecular weight is 646 g/mol. The Labute approximate surface area is 261 Å². The number of piperazine rings is 1. The third kappa shape index (κ3) is 5.49. The zero-order chi connectivity index (χ0) is 33.1. The second-order valence-electron chi connectivity index (χ2n) is 12.8. The molecule has 3 atom stereocenters. The zero-order valence-corrected chi connectivity index (χ0v) is 25.5. The summed E-state index contributed by atoms with van der Waals surface area (Å²) in [5.74, 6) is -2.58. The number of nitrogens with two attached hydrogens (primary N) is 1. The summed E-state index contributed by atoms with van der Waals surface area (Å²) in [7, 11) is 1.89. The molecule has 8 nitrogen and oxygen atoms in total. The zero-order valence-electron chi connectivity index (χ0n) is 25.5. The Bertz CT molecular complexity index is 1780. The van der Waals surface area contributed by atoms with E-state index < -0.39 is 56.6 Å². The van der Waals surface area contributed by atoms with Crippen LogP contribution in [0.1, 0.15) is 42.9 Å². The minimum atomic E-state index is -5.07. The third-order valence-electron chi connectivity index (χ3n) is 9.37. The Balaban J connectivity index is 1.56. The summed E-state index contributed by atoms with van der Waals surface area (Å²) >= 11 is 0. The van der Waals surface area contributed by atoms with E-state index >= 15 is 8.78 Å². The van der Waals surface area contributed by atoms with Crippen LogP contribution in [-0.2, 0) is 6.18 Å². The monoisotopic (exact) mass is 645 g/mol. The molecule has 3 aromatic rings. The summed E-state index contributed by atoms with van der Waals surface area (Å²) in [6.45, 7) is 4.90. The van der Waals surface area contributed by atoms with E-state index in [1.165, 1.54) is 0 Å². The number of benzene rings is 2. The second kappa shape index (κ2) is 11.6. The SMILES string of the molecule is Cc1cc(N)c(C#N)c(-c2c(F)cc3c(N4C[C@H]5CC[C@@H](C4)N5)nc(OC[C@]4(C)CN(C)CC/C4=C\F)nc3c2F)c1C(F)(F)F. The van der Waals surface area contributed by atoms with E-state index in [2.05, 4.69) is 15.3 Å². The van der Waals surface area contributed by atoms with E-state index in [9.17, 15) is 22.8 Å². The van der Waals surface area contributed by atoms with E-state index in [1.54, 1.807) is 6.07 Å². The number of nitrogen functional groups attached to an aromatic ring is 1. The number of rotatable bonds is 5. The standard InChI is InChI=1S/C32H33F6N7O/c1-16-8-23(40)21(11-39)24(26(16)32(36,37)38)25-22(34)9-20-28(27(25)35)42-30(43-29(20)45-12-18-4-5-19(13-45)41-18)46-15-31(2)14-44(3)7-6-17(31)10-33/h8-10,18-19,41H,4-7,12-15,40H2,1-3H3/b17-10+/t18-,19+,31-/m0/s1. The first-order valence-electron chi connectivity index (χ1n) is 15.0. The lowest BCUT2D eigenvalue weighted by Gasteiger charge is -2.40. The first-order valence-corrected chi connectivity index (χ1v) is 15.0. The maximum Gasteiger partial charge on any atom is 0.417 e. The summed E-state index contributed by atoms with van der Waals surface area (Å²) < 4.78 is 95.8. The molecule has 14 heteroatoms. The van der Waals surface area contributed by atoms with Crippen molar-refractivity contribution in [3.63, 3.8) is 0 Å². The third-order valence-corrected chi connectivity index (χ3v) is 9.37. The molecule has 1 aromatic heterocycles. The predicted molar refractivity (Wildman–Crippen MR) is 161 cm³/mol. The van der Waals surface area contributed by atoms with E-state index in [0.29, 0.717) is 44.5 Å². The van der Waals surface area contributed by atoms with E-state index in [0.717, 1.165) is 31.9 Å². The van der Waals surface area contributed by atoms with Crippen LogP contribution in [0.2, 0.25) is 0 Å². The van der Waals surface area contributed by atoms with Crippen LogP contribution >= 0.6 is 0 Å². The number of halogens is 6. The van der Waals surface area contributed by atoms with Crippen molar-refractivity contribution in [1.29, 1.82) is 5.26 Å². The van der Waals surface area contributed by atoms with Gasteiger partial charge in [0.2, 0.25) is 0 Å². The number of piperidine rings is 1. The van der Waals surface area contributed by atoms with Gasteiger partial charge in [-0.15, -0.1) is 0 Å². The molecule has 2 bridgehead atoms. The topological polar surface area (TPSA) is 103 Å². The van der Waals surface area contributed by atoms with Crippen LogP contribution in [0.25, 0.3) is 22.0 Å². The van der Waals surface area contributed by atoms with E-state index in [-0.39, 0.29) is 41.6 Å². The van der Waals surface area contributed by atoms with Crippen molar-refractivity contribution >= 4 is 22.4 Å². The van der Waals surface area contributed by atoms with Crippen LogP contribution in [-0.4, -0.2) is 66.8 Å². The number of nitrogens with zero attached hydrogens (tertiary/aromatic N) is 5. The van der Waals surface area contributed by atoms with Crippen LogP contribution in [0, 0.1) is 35.3 Å². The number of likely N-dealkylation sites (tertiary alicyclic amines) is 1. The highest BCUT2D eigenvalue weighted by Crippen LogP contribution is 2.46. The molecule has 4 heterocycles. The molecule has 3 fully saturated rings.